The van der Waals surface area contributed by atoms with E-state index in [1.807, 2.05) is 35.0 Å². The zero-order valence-electron chi connectivity index (χ0n) is 12.1. The molecule has 1 aliphatic heterocycles. The first kappa shape index (κ1) is 13.8. The summed E-state index contributed by atoms with van der Waals surface area (Å²) < 4.78 is 1.89. The van der Waals surface area contributed by atoms with Crippen LogP contribution in [0.3, 0.4) is 0 Å². The molecule has 0 aliphatic carbocycles. The van der Waals surface area contributed by atoms with Crippen LogP contribution < -0.4 is 10.6 Å². The predicted molar refractivity (Wildman–Crippen MR) is 81.5 cm³/mol. The third-order valence-corrected chi connectivity index (χ3v) is 3.87. The van der Waals surface area contributed by atoms with Crippen molar-refractivity contribution in [2.75, 3.05) is 6.54 Å². The van der Waals surface area contributed by atoms with Gasteiger partial charge in [0, 0.05) is 35.7 Å². The Hall–Kier alpha value is -2.14. The molecule has 2 atom stereocenters. The van der Waals surface area contributed by atoms with Gasteiger partial charge < -0.3 is 15.2 Å². The van der Waals surface area contributed by atoms with Crippen molar-refractivity contribution in [3.05, 3.63) is 48.5 Å². The summed E-state index contributed by atoms with van der Waals surface area (Å²) >= 11 is 0. The van der Waals surface area contributed by atoms with Crippen molar-refractivity contribution in [3.63, 3.8) is 0 Å². The number of imidazole rings is 1. The number of carbonyl (C=O) groups is 1. The van der Waals surface area contributed by atoms with Gasteiger partial charge in [0.25, 0.3) is 5.91 Å². The van der Waals surface area contributed by atoms with E-state index in [9.17, 15) is 4.79 Å². The summed E-state index contributed by atoms with van der Waals surface area (Å²) in [5.74, 6) is -0.00364. The Balaban J connectivity index is 1.71. The van der Waals surface area contributed by atoms with Gasteiger partial charge >= 0.3 is 0 Å². The fraction of sp³-hybridized carbons (Fsp3) is 0.375. The second kappa shape index (κ2) is 6.10. The summed E-state index contributed by atoms with van der Waals surface area (Å²) in [6.07, 6.45) is 7.28. The molecule has 5 nitrogen and oxygen atoms in total. The van der Waals surface area contributed by atoms with Gasteiger partial charge in [0.2, 0.25) is 0 Å². The van der Waals surface area contributed by atoms with Gasteiger partial charge in [-0.15, -0.1) is 0 Å². The molecule has 0 spiro atoms. The zero-order valence-corrected chi connectivity index (χ0v) is 12.1. The van der Waals surface area contributed by atoms with Gasteiger partial charge in [0.05, 0.1) is 6.33 Å². The van der Waals surface area contributed by atoms with Crippen molar-refractivity contribution in [3.8, 4) is 5.69 Å². The Bertz CT molecular complexity index is 608. The van der Waals surface area contributed by atoms with Crippen molar-refractivity contribution in [2.24, 2.45) is 0 Å². The molecule has 3 rings (SSSR count). The number of aromatic nitrogens is 2. The van der Waals surface area contributed by atoms with Gasteiger partial charge in [-0.3, -0.25) is 4.79 Å². The largest absolute Gasteiger partial charge is 0.349 e. The first-order valence-corrected chi connectivity index (χ1v) is 7.35. The number of nitrogens with zero attached hydrogens (tertiary/aromatic N) is 2. The van der Waals surface area contributed by atoms with E-state index in [0.717, 1.165) is 25.1 Å². The zero-order chi connectivity index (χ0) is 14.7. The van der Waals surface area contributed by atoms with Crippen LogP contribution in [0.4, 0.5) is 0 Å². The summed E-state index contributed by atoms with van der Waals surface area (Å²) in [7, 11) is 0. The van der Waals surface area contributed by atoms with Crippen molar-refractivity contribution in [1.29, 1.82) is 0 Å². The number of hydrogen-bond donors (Lipinski definition) is 2. The monoisotopic (exact) mass is 284 g/mol. The molecule has 1 fully saturated rings. The molecule has 21 heavy (non-hydrogen) atoms. The molecule has 5 heteroatoms. The number of piperidine rings is 1. The summed E-state index contributed by atoms with van der Waals surface area (Å²) in [6, 6.07) is 8.31. The van der Waals surface area contributed by atoms with Crippen molar-refractivity contribution in [1.82, 2.24) is 20.2 Å². The van der Waals surface area contributed by atoms with E-state index in [2.05, 4.69) is 22.5 Å². The lowest BCUT2D eigenvalue weighted by atomic mass is 10.0. The van der Waals surface area contributed by atoms with Gasteiger partial charge in [0.15, 0.2) is 0 Å². The number of benzene rings is 1. The molecular formula is C16H20N4O. The van der Waals surface area contributed by atoms with Crippen LogP contribution in [0.1, 0.15) is 30.1 Å². The lowest BCUT2D eigenvalue weighted by molar-refractivity contribution is 0.0925. The molecule has 1 aromatic heterocycles. The highest BCUT2D eigenvalue weighted by Gasteiger charge is 2.20. The quantitative estimate of drug-likeness (QED) is 0.902. The first-order valence-electron chi connectivity index (χ1n) is 7.35. The lowest BCUT2D eigenvalue weighted by Gasteiger charge is -2.28. The van der Waals surface area contributed by atoms with Gasteiger partial charge in [-0.1, -0.05) is 6.07 Å². The Morgan fingerprint density at radius 3 is 3.14 bits per heavy atom. The highest BCUT2D eigenvalue weighted by atomic mass is 16.1. The van der Waals surface area contributed by atoms with Crippen LogP contribution in [0.5, 0.6) is 0 Å². The number of rotatable bonds is 3. The van der Waals surface area contributed by atoms with Crippen molar-refractivity contribution in [2.45, 2.75) is 31.8 Å². The Morgan fingerprint density at radius 2 is 2.38 bits per heavy atom. The van der Waals surface area contributed by atoms with E-state index in [4.69, 9.17) is 0 Å². The van der Waals surface area contributed by atoms with Crippen LogP contribution in [-0.4, -0.2) is 34.1 Å². The summed E-state index contributed by atoms with van der Waals surface area (Å²) in [5.41, 5.74) is 1.63. The van der Waals surface area contributed by atoms with E-state index in [1.165, 1.54) is 0 Å². The molecule has 0 bridgehead atoms. The van der Waals surface area contributed by atoms with Gasteiger partial charge in [0.1, 0.15) is 0 Å². The molecule has 1 amide bonds. The van der Waals surface area contributed by atoms with Crippen LogP contribution in [0.15, 0.2) is 43.0 Å². The molecule has 1 aliphatic rings. The van der Waals surface area contributed by atoms with Crippen molar-refractivity contribution < 1.29 is 4.79 Å². The van der Waals surface area contributed by atoms with E-state index in [0.29, 0.717) is 11.6 Å². The number of hydrogen-bond acceptors (Lipinski definition) is 3. The Labute approximate surface area is 124 Å². The van der Waals surface area contributed by atoms with Gasteiger partial charge in [-0.25, -0.2) is 4.98 Å². The second-order valence-electron chi connectivity index (χ2n) is 5.57. The molecule has 2 unspecified atom stereocenters. The molecule has 2 N–H and O–H groups in total. The lowest BCUT2D eigenvalue weighted by Crippen LogP contribution is -2.46. The maximum atomic E-state index is 12.4. The summed E-state index contributed by atoms with van der Waals surface area (Å²) in [6.45, 7) is 3.11. The second-order valence-corrected chi connectivity index (χ2v) is 5.57. The smallest absolute Gasteiger partial charge is 0.251 e. The Morgan fingerprint density at radius 1 is 1.48 bits per heavy atom. The average molecular weight is 284 g/mol. The standard InChI is InChI=1S/C16H20N4O/c1-12-9-14(5-6-18-12)19-16(21)13-3-2-4-15(10-13)20-8-7-17-11-20/h2-4,7-8,10-12,14,18H,5-6,9H2,1H3,(H,19,21). The van der Waals surface area contributed by atoms with E-state index in [-0.39, 0.29) is 11.9 Å². The minimum Gasteiger partial charge on any atom is -0.349 e. The van der Waals surface area contributed by atoms with Crippen LogP contribution in [0.25, 0.3) is 5.69 Å². The maximum absolute atomic E-state index is 12.4. The molecule has 2 heterocycles. The normalized spacial score (nSPS) is 22.0. The fourth-order valence-electron chi connectivity index (χ4n) is 2.75. The number of amides is 1. The predicted octanol–water partition coefficient (Wildman–Crippen LogP) is 1.74. The summed E-state index contributed by atoms with van der Waals surface area (Å²) in [5, 5.41) is 6.53. The minimum atomic E-state index is -0.00364. The third kappa shape index (κ3) is 3.31. The first-order chi connectivity index (χ1) is 10.2. The molecule has 1 saturated heterocycles. The highest BCUT2D eigenvalue weighted by molar-refractivity contribution is 5.94. The van der Waals surface area contributed by atoms with Gasteiger partial charge in [-0.05, 0) is 44.5 Å². The topological polar surface area (TPSA) is 59.0 Å². The van der Waals surface area contributed by atoms with Crippen molar-refractivity contribution >= 4 is 5.91 Å². The third-order valence-electron chi connectivity index (χ3n) is 3.87. The highest BCUT2D eigenvalue weighted by Crippen LogP contribution is 2.12. The molecule has 0 saturated carbocycles. The minimum absolute atomic E-state index is 0.00364. The van der Waals surface area contributed by atoms with Gasteiger partial charge in [-0.2, -0.15) is 0 Å². The van der Waals surface area contributed by atoms with Crippen LogP contribution >= 0.6 is 0 Å². The van der Waals surface area contributed by atoms with Crippen LogP contribution in [0, 0.1) is 0 Å². The molecular weight excluding hydrogens is 264 g/mol. The summed E-state index contributed by atoms with van der Waals surface area (Å²) in [4.78, 5) is 16.4. The average Bonchev–Trinajstić information content (AvgIpc) is 3.02. The Kier molecular flexibility index (Phi) is 4.01. The number of carbonyl (C=O) groups excluding carboxylic acids is 1. The maximum Gasteiger partial charge on any atom is 0.251 e. The van der Waals surface area contributed by atoms with Crippen LogP contribution in [-0.2, 0) is 0 Å². The van der Waals surface area contributed by atoms with E-state index >= 15 is 0 Å². The molecule has 110 valence electrons. The van der Waals surface area contributed by atoms with Crippen LogP contribution in [0.2, 0.25) is 0 Å². The van der Waals surface area contributed by atoms with E-state index < -0.39 is 0 Å². The SMILES string of the molecule is CC1CC(NC(=O)c2cccc(-n3ccnc3)c2)CCN1. The molecule has 2 aromatic rings. The van der Waals surface area contributed by atoms with E-state index in [1.54, 1.807) is 12.5 Å². The fourth-order valence-corrected chi connectivity index (χ4v) is 2.75. The molecule has 0 radical (unpaired) electrons. The molecule has 1 aromatic carbocycles. The number of nitrogens with one attached hydrogen (secondary N) is 2.